The lowest BCUT2D eigenvalue weighted by Gasteiger charge is -2.29. The summed E-state index contributed by atoms with van der Waals surface area (Å²) in [6.45, 7) is 7.16. The minimum Gasteiger partial charge on any atom is -0.378 e. The SMILES string of the molecule is Cc1c(N2CCOCC2)c(C)n(Cc2ccccc2F)c1C(=O)NCc1ccc(F)cc1. The number of nitrogens with zero attached hydrogens (tertiary/aromatic N) is 2. The Morgan fingerprint density at radius 2 is 1.72 bits per heavy atom. The number of rotatable bonds is 6. The highest BCUT2D eigenvalue weighted by Gasteiger charge is 2.27. The van der Waals surface area contributed by atoms with Gasteiger partial charge >= 0.3 is 0 Å². The van der Waals surface area contributed by atoms with Crippen LogP contribution in [0.2, 0.25) is 0 Å². The molecule has 4 rings (SSSR count). The van der Waals surface area contributed by atoms with Crippen LogP contribution in [0, 0.1) is 25.5 Å². The van der Waals surface area contributed by atoms with E-state index < -0.39 is 0 Å². The fraction of sp³-hybridized carbons (Fsp3) is 0.320. The van der Waals surface area contributed by atoms with Crippen LogP contribution >= 0.6 is 0 Å². The highest BCUT2D eigenvalue weighted by Crippen LogP contribution is 2.32. The summed E-state index contributed by atoms with van der Waals surface area (Å²) in [6.07, 6.45) is 0. The van der Waals surface area contributed by atoms with E-state index in [9.17, 15) is 13.6 Å². The van der Waals surface area contributed by atoms with Crippen LogP contribution in [-0.4, -0.2) is 36.8 Å². The van der Waals surface area contributed by atoms with Crippen LogP contribution < -0.4 is 10.2 Å². The molecule has 1 amide bonds. The molecule has 7 heteroatoms. The van der Waals surface area contributed by atoms with Gasteiger partial charge in [0.05, 0.1) is 25.4 Å². The number of hydrogen-bond donors (Lipinski definition) is 1. The number of aromatic nitrogens is 1. The number of benzene rings is 2. The Morgan fingerprint density at radius 3 is 2.41 bits per heavy atom. The smallest absolute Gasteiger partial charge is 0.268 e. The Kier molecular flexibility index (Phi) is 6.55. The maximum atomic E-state index is 14.4. The van der Waals surface area contributed by atoms with Crippen LogP contribution in [0.15, 0.2) is 48.5 Å². The fourth-order valence-corrected chi connectivity index (χ4v) is 4.29. The van der Waals surface area contributed by atoms with Gasteiger partial charge in [-0.2, -0.15) is 0 Å². The fourth-order valence-electron chi connectivity index (χ4n) is 4.29. The second-order valence-corrected chi connectivity index (χ2v) is 7.99. The quantitative estimate of drug-likeness (QED) is 0.626. The van der Waals surface area contributed by atoms with Gasteiger partial charge in [0.2, 0.25) is 0 Å². The molecule has 1 fully saturated rings. The van der Waals surface area contributed by atoms with Crippen molar-refractivity contribution in [1.29, 1.82) is 0 Å². The first-order valence-electron chi connectivity index (χ1n) is 10.7. The van der Waals surface area contributed by atoms with Gasteiger partial charge in [0, 0.05) is 36.5 Å². The predicted molar refractivity (Wildman–Crippen MR) is 120 cm³/mol. The van der Waals surface area contributed by atoms with Crippen LogP contribution in [0.3, 0.4) is 0 Å². The number of halogens is 2. The van der Waals surface area contributed by atoms with Gasteiger partial charge in [0.1, 0.15) is 17.3 Å². The minimum atomic E-state index is -0.319. The average Bonchev–Trinajstić information content (AvgIpc) is 3.04. The van der Waals surface area contributed by atoms with Crippen LogP contribution in [-0.2, 0) is 17.8 Å². The largest absolute Gasteiger partial charge is 0.378 e. The van der Waals surface area contributed by atoms with Gasteiger partial charge in [-0.3, -0.25) is 4.79 Å². The molecule has 1 aromatic heterocycles. The van der Waals surface area contributed by atoms with Crippen molar-refractivity contribution in [3.05, 3.63) is 88.2 Å². The first kappa shape index (κ1) is 22.0. The monoisotopic (exact) mass is 439 g/mol. The summed E-state index contributed by atoms with van der Waals surface area (Å²) in [6, 6.07) is 12.6. The van der Waals surface area contributed by atoms with E-state index in [0.717, 1.165) is 35.6 Å². The molecule has 0 aliphatic carbocycles. The second-order valence-electron chi connectivity index (χ2n) is 7.99. The standard InChI is InChI=1S/C25H27F2N3O2/c1-17-23(29-11-13-32-14-12-29)18(2)30(16-20-5-3-4-6-22(20)27)24(17)25(31)28-15-19-7-9-21(26)10-8-19/h3-10H,11-16H2,1-2H3,(H,28,31). The van der Waals surface area contributed by atoms with E-state index in [-0.39, 0.29) is 30.6 Å². The third-order valence-electron chi connectivity index (χ3n) is 5.92. The molecule has 0 radical (unpaired) electrons. The minimum absolute atomic E-state index is 0.245. The maximum absolute atomic E-state index is 14.4. The summed E-state index contributed by atoms with van der Waals surface area (Å²) in [5, 5.41) is 2.94. The Bertz CT molecular complexity index is 1100. The number of morpholine rings is 1. The van der Waals surface area contributed by atoms with E-state index in [1.54, 1.807) is 30.3 Å². The summed E-state index contributed by atoms with van der Waals surface area (Å²) in [4.78, 5) is 15.5. The van der Waals surface area contributed by atoms with Crippen molar-refractivity contribution >= 4 is 11.6 Å². The number of anilines is 1. The van der Waals surface area contributed by atoms with Gasteiger partial charge in [-0.15, -0.1) is 0 Å². The first-order chi connectivity index (χ1) is 15.5. The van der Waals surface area contributed by atoms with Crippen molar-refractivity contribution in [2.45, 2.75) is 26.9 Å². The normalized spacial score (nSPS) is 13.9. The van der Waals surface area contributed by atoms with Gasteiger partial charge in [0.25, 0.3) is 5.91 Å². The molecule has 168 valence electrons. The van der Waals surface area contributed by atoms with Gasteiger partial charge < -0.3 is 19.5 Å². The van der Waals surface area contributed by atoms with Crippen LogP contribution in [0.1, 0.15) is 32.9 Å². The second kappa shape index (κ2) is 9.53. The molecule has 32 heavy (non-hydrogen) atoms. The van der Waals surface area contributed by atoms with Crippen molar-refractivity contribution in [3.63, 3.8) is 0 Å². The highest BCUT2D eigenvalue weighted by molar-refractivity contribution is 5.96. The zero-order valence-electron chi connectivity index (χ0n) is 18.3. The van der Waals surface area contributed by atoms with Crippen LogP contribution in [0.4, 0.5) is 14.5 Å². The molecule has 1 aliphatic rings. The summed E-state index contributed by atoms with van der Waals surface area (Å²) in [5.74, 6) is -0.866. The van der Waals surface area contributed by atoms with Crippen LogP contribution in [0.25, 0.3) is 0 Å². The van der Waals surface area contributed by atoms with Crippen LogP contribution in [0.5, 0.6) is 0 Å². The Labute approximate surface area is 186 Å². The van der Waals surface area contributed by atoms with E-state index >= 15 is 0 Å². The summed E-state index contributed by atoms with van der Waals surface area (Å²) in [7, 11) is 0. The first-order valence-corrected chi connectivity index (χ1v) is 10.7. The molecule has 0 unspecified atom stereocenters. The number of ether oxygens (including phenoxy) is 1. The number of hydrogen-bond acceptors (Lipinski definition) is 3. The van der Waals surface area contributed by atoms with Gasteiger partial charge in [-0.05, 0) is 37.6 Å². The van der Waals surface area contributed by atoms with Crippen molar-refractivity contribution in [2.75, 3.05) is 31.2 Å². The zero-order valence-corrected chi connectivity index (χ0v) is 18.3. The third-order valence-corrected chi connectivity index (χ3v) is 5.92. The molecular weight excluding hydrogens is 412 g/mol. The van der Waals surface area contributed by atoms with Crippen molar-refractivity contribution in [2.24, 2.45) is 0 Å². The number of carbonyl (C=O) groups excluding carboxylic acids is 1. The van der Waals surface area contributed by atoms with E-state index in [4.69, 9.17) is 4.74 Å². The summed E-state index contributed by atoms with van der Waals surface area (Å²) < 4.78 is 35.0. The van der Waals surface area contributed by atoms with E-state index in [1.807, 2.05) is 18.4 Å². The Hall–Kier alpha value is -3.19. The number of carbonyl (C=O) groups is 1. The molecule has 2 heterocycles. The molecule has 0 saturated carbocycles. The molecule has 0 atom stereocenters. The maximum Gasteiger partial charge on any atom is 0.268 e. The average molecular weight is 440 g/mol. The molecule has 3 aromatic rings. The molecule has 1 aliphatic heterocycles. The molecule has 1 saturated heterocycles. The lowest BCUT2D eigenvalue weighted by Crippen LogP contribution is -2.36. The highest BCUT2D eigenvalue weighted by atomic mass is 19.1. The van der Waals surface area contributed by atoms with Crippen molar-refractivity contribution in [3.8, 4) is 0 Å². The van der Waals surface area contributed by atoms with Gasteiger partial charge in [0.15, 0.2) is 0 Å². The Morgan fingerprint density at radius 1 is 1.03 bits per heavy atom. The zero-order chi connectivity index (χ0) is 22.7. The molecule has 5 nitrogen and oxygen atoms in total. The lowest BCUT2D eigenvalue weighted by atomic mass is 10.1. The number of amides is 1. The predicted octanol–water partition coefficient (Wildman–Crippen LogP) is 4.20. The van der Waals surface area contributed by atoms with E-state index in [2.05, 4.69) is 10.2 Å². The molecular formula is C25H27F2N3O2. The van der Waals surface area contributed by atoms with Crippen molar-refractivity contribution < 1.29 is 18.3 Å². The summed E-state index contributed by atoms with van der Waals surface area (Å²) in [5.41, 5.74) is 4.60. The lowest BCUT2D eigenvalue weighted by molar-refractivity contribution is 0.0941. The van der Waals surface area contributed by atoms with E-state index in [0.29, 0.717) is 24.5 Å². The van der Waals surface area contributed by atoms with Crippen molar-refractivity contribution in [1.82, 2.24) is 9.88 Å². The molecule has 1 N–H and O–H groups in total. The summed E-state index contributed by atoms with van der Waals surface area (Å²) >= 11 is 0. The molecule has 2 aromatic carbocycles. The molecule has 0 spiro atoms. The number of nitrogens with one attached hydrogen (secondary N) is 1. The van der Waals surface area contributed by atoms with E-state index in [1.165, 1.54) is 18.2 Å². The van der Waals surface area contributed by atoms with Gasteiger partial charge in [-0.25, -0.2) is 8.78 Å². The third kappa shape index (κ3) is 4.53. The van der Waals surface area contributed by atoms with Gasteiger partial charge in [-0.1, -0.05) is 30.3 Å². The molecule has 0 bridgehead atoms. The Balaban J connectivity index is 1.68. The topological polar surface area (TPSA) is 46.5 Å².